The van der Waals surface area contributed by atoms with Crippen molar-refractivity contribution in [2.75, 3.05) is 0 Å². The molecule has 1 amide bonds. The number of nitrogens with one attached hydrogen (secondary N) is 1. The van der Waals surface area contributed by atoms with E-state index in [1.807, 2.05) is 30.3 Å². The summed E-state index contributed by atoms with van der Waals surface area (Å²) in [5, 5.41) is 18.9. The van der Waals surface area contributed by atoms with Crippen LogP contribution in [0.25, 0.3) is 11.1 Å². The van der Waals surface area contributed by atoms with E-state index in [0.29, 0.717) is 0 Å². The summed E-state index contributed by atoms with van der Waals surface area (Å²) in [6, 6.07) is 13.7. The Morgan fingerprint density at radius 1 is 0.963 bits per heavy atom. The molecule has 2 rings (SSSR count). The number of rotatable bonds is 7. The van der Waals surface area contributed by atoms with Crippen molar-refractivity contribution >= 4 is 15.9 Å². The first-order valence-corrected chi connectivity index (χ1v) is 9.95. The second-order valence-corrected chi connectivity index (χ2v) is 8.32. The molecule has 0 spiro atoms. The van der Waals surface area contributed by atoms with Gasteiger partial charge in [-0.25, -0.2) is 13.9 Å². The molecule has 7 nitrogen and oxygen atoms in total. The van der Waals surface area contributed by atoms with Crippen LogP contribution in [-0.4, -0.2) is 47.1 Å². The molecule has 0 heterocycles. The molecule has 0 saturated carbocycles. The van der Waals surface area contributed by atoms with Crippen LogP contribution in [0.15, 0.2) is 59.5 Å². The third kappa shape index (κ3) is 4.54. The number of sulfonamides is 1. The summed E-state index contributed by atoms with van der Waals surface area (Å²) in [6.45, 7) is 4.48. The molecule has 8 heteroatoms. The van der Waals surface area contributed by atoms with Gasteiger partial charge in [0.2, 0.25) is 10.0 Å². The number of amides is 1. The number of carbonyl (C=O) groups is 1. The molecule has 0 aliphatic rings. The molecule has 0 radical (unpaired) electrons. The summed E-state index contributed by atoms with van der Waals surface area (Å²) < 4.78 is 27.2. The first-order chi connectivity index (χ1) is 12.7. The molecule has 0 aliphatic carbocycles. The third-order valence-electron chi connectivity index (χ3n) is 4.16. The Hall–Kier alpha value is -2.26. The molecule has 146 valence electrons. The predicted octanol–water partition coefficient (Wildman–Crippen LogP) is 2.01. The van der Waals surface area contributed by atoms with Gasteiger partial charge in [0.05, 0.1) is 11.0 Å². The van der Waals surface area contributed by atoms with E-state index >= 15 is 0 Å². The van der Waals surface area contributed by atoms with Crippen molar-refractivity contribution < 1.29 is 23.5 Å². The van der Waals surface area contributed by atoms with Gasteiger partial charge < -0.3 is 5.11 Å². The molecule has 0 unspecified atom stereocenters. The Kier molecular flexibility index (Phi) is 6.72. The van der Waals surface area contributed by atoms with E-state index in [9.17, 15) is 18.3 Å². The average Bonchev–Trinajstić information content (AvgIpc) is 2.65. The molecule has 0 saturated heterocycles. The van der Waals surface area contributed by atoms with Gasteiger partial charge in [-0.2, -0.15) is 4.31 Å². The minimum Gasteiger partial charge on any atom is -0.391 e. The number of aliphatic hydroxyl groups is 1. The highest BCUT2D eigenvalue weighted by Crippen LogP contribution is 2.26. The Balaban J connectivity index is 2.45. The summed E-state index contributed by atoms with van der Waals surface area (Å²) in [7, 11) is -4.10. The van der Waals surface area contributed by atoms with Crippen molar-refractivity contribution in [3.8, 4) is 11.1 Å². The second kappa shape index (κ2) is 8.62. The number of hydrogen-bond donors (Lipinski definition) is 3. The lowest BCUT2D eigenvalue weighted by Gasteiger charge is -2.34. The lowest BCUT2D eigenvalue weighted by atomic mass is 10.1. The van der Waals surface area contributed by atoms with Crippen LogP contribution in [0.1, 0.15) is 20.8 Å². The van der Waals surface area contributed by atoms with E-state index in [2.05, 4.69) is 0 Å². The molecular formula is C19H24N2O5S. The zero-order valence-corrected chi connectivity index (χ0v) is 16.2. The molecular weight excluding hydrogens is 368 g/mol. The largest absolute Gasteiger partial charge is 0.391 e. The SMILES string of the molecule is CC(C)N([C@H](C(=O)NO)[C@@H](C)O)S(=O)(=O)c1ccc(-c2ccccc2)cc1. The van der Waals surface area contributed by atoms with Crippen molar-refractivity contribution in [1.82, 2.24) is 9.79 Å². The van der Waals surface area contributed by atoms with Gasteiger partial charge in [0.15, 0.2) is 0 Å². The number of benzene rings is 2. The zero-order valence-electron chi connectivity index (χ0n) is 15.4. The van der Waals surface area contributed by atoms with Gasteiger partial charge in [0, 0.05) is 6.04 Å². The van der Waals surface area contributed by atoms with E-state index in [4.69, 9.17) is 5.21 Å². The normalized spacial score (nSPS) is 14.2. The average molecular weight is 392 g/mol. The summed E-state index contributed by atoms with van der Waals surface area (Å²) in [4.78, 5) is 12.0. The van der Waals surface area contributed by atoms with E-state index in [1.54, 1.807) is 26.0 Å². The summed E-state index contributed by atoms with van der Waals surface area (Å²) in [6.07, 6.45) is -1.32. The molecule has 2 aromatic carbocycles. The lowest BCUT2D eigenvalue weighted by Crippen LogP contribution is -2.56. The van der Waals surface area contributed by atoms with Crippen molar-refractivity contribution in [1.29, 1.82) is 0 Å². The lowest BCUT2D eigenvalue weighted by molar-refractivity contribution is -0.137. The van der Waals surface area contributed by atoms with Gasteiger partial charge in [-0.3, -0.25) is 10.0 Å². The fraction of sp³-hybridized carbons (Fsp3) is 0.316. The van der Waals surface area contributed by atoms with Crippen LogP contribution in [0.4, 0.5) is 0 Å². The van der Waals surface area contributed by atoms with E-state index in [-0.39, 0.29) is 4.90 Å². The van der Waals surface area contributed by atoms with Crippen LogP contribution < -0.4 is 5.48 Å². The maximum Gasteiger partial charge on any atom is 0.264 e. The molecule has 27 heavy (non-hydrogen) atoms. The quantitative estimate of drug-likeness (QED) is 0.494. The van der Waals surface area contributed by atoms with E-state index in [0.717, 1.165) is 15.4 Å². The van der Waals surface area contributed by atoms with Crippen LogP contribution in [0.5, 0.6) is 0 Å². The second-order valence-electron chi connectivity index (χ2n) is 6.48. The summed E-state index contributed by atoms with van der Waals surface area (Å²) in [5.74, 6) is -0.997. The molecule has 3 N–H and O–H groups in total. The highest BCUT2D eigenvalue weighted by molar-refractivity contribution is 7.89. The van der Waals surface area contributed by atoms with Gasteiger partial charge >= 0.3 is 0 Å². The van der Waals surface area contributed by atoms with Gasteiger partial charge in [-0.1, -0.05) is 42.5 Å². The third-order valence-corrected chi connectivity index (χ3v) is 6.23. The van der Waals surface area contributed by atoms with Gasteiger partial charge in [0.1, 0.15) is 6.04 Å². The minimum atomic E-state index is -4.10. The van der Waals surface area contributed by atoms with Gasteiger partial charge in [-0.15, -0.1) is 0 Å². The predicted molar refractivity (Wildman–Crippen MR) is 101 cm³/mol. The molecule has 0 aromatic heterocycles. The highest BCUT2D eigenvalue weighted by Gasteiger charge is 2.40. The summed E-state index contributed by atoms with van der Waals surface area (Å²) in [5.41, 5.74) is 3.23. The van der Waals surface area contributed by atoms with Gasteiger partial charge in [-0.05, 0) is 44.0 Å². The van der Waals surface area contributed by atoms with Crippen molar-refractivity contribution in [3.05, 3.63) is 54.6 Å². The molecule has 0 bridgehead atoms. The minimum absolute atomic E-state index is 0.00716. The standard InChI is InChI=1S/C19H24N2O5S/c1-13(2)21(18(14(3)22)19(23)20-24)27(25,26)17-11-9-16(10-12-17)15-7-5-4-6-8-15/h4-14,18,22,24H,1-3H3,(H,20,23)/t14-,18+/m1/s1. The Morgan fingerprint density at radius 2 is 1.48 bits per heavy atom. The number of nitrogens with zero attached hydrogens (tertiary/aromatic N) is 1. The maximum absolute atomic E-state index is 13.1. The molecule has 0 aliphatic heterocycles. The van der Waals surface area contributed by atoms with Crippen LogP contribution in [-0.2, 0) is 14.8 Å². The van der Waals surface area contributed by atoms with Crippen molar-refractivity contribution in [3.63, 3.8) is 0 Å². The first-order valence-electron chi connectivity index (χ1n) is 8.51. The topological polar surface area (TPSA) is 107 Å². The zero-order chi connectivity index (χ0) is 20.2. The Labute approximate surface area is 159 Å². The van der Waals surface area contributed by atoms with E-state index < -0.39 is 34.1 Å². The summed E-state index contributed by atoms with van der Waals surface area (Å²) >= 11 is 0. The highest BCUT2D eigenvalue weighted by atomic mass is 32.2. The van der Waals surface area contributed by atoms with Crippen LogP contribution in [0.3, 0.4) is 0 Å². The first kappa shape index (κ1) is 21.0. The van der Waals surface area contributed by atoms with Crippen molar-refractivity contribution in [2.24, 2.45) is 0 Å². The fourth-order valence-corrected chi connectivity index (χ4v) is 4.78. The smallest absolute Gasteiger partial charge is 0.264 e. The monoisotopic (exact) mass is 392 g/mol. The Morgan fingerprint density at radius 3 is 1.93 bits per heavy atom. The number of aliphatic hydroxyl groups excluding tert-OH is 1. The fourth-order valence-electron chi connectivity index (χ4n) is 2.93. The molecule has 2 aromatic rings. The number of hydroxylamine groups is 1. The van der Waals surface area contributed by atoms with Crippen LogP contribution in [0.2, 0.25) is 0 Å². The molecule has 0 fully saturated rings. The van der Waals surface area contributed by atoms with Crippen molar-refractivity contribution in [2.45, 2.75) is 43.9 Å². The van der Waals surface area contributed by atoms with Crippen LogP contribution >= 0.6 is 0 Å². The van der Waals surface area contributed by atoms with E-state index in [1.165, 1.54) is 24.5 Å². The number of carbonyl (C=O) groups excluding carboxylic acids is 1. The van der Waals surface area contributed by atoms with Crippen LogP contribution in [0, 0.1) is 0 Å². The van der Waals surface area contributed by atoms with Gasteiger partial charge in [0.25, 0.3) is 5.91 Å². The molecule has 2 atom stereocenters. The Bertz CT molecular complexity index is 865. The number of hydrogen-bond acceptors (Lipinski definition) is 5. The maximum atomic E-state index is 13.1.